The molecule has 0 amide bonds. The van der Waals surface area contributed by atoms with Crippen LogP contribution in [-0.4, -0.2) is 24.5 Å². The van der Waals surface area contributed by atoms with Crippen LogP contribution in [0.2, 0.25) is 0 Å². The van der Waals surface area contributed by atoms with E-state index >= 15 is 0 Å². The van der Waals surface area contributed by atoms with Gasteiger partial charge in [0.2, 0.25) is 0 Å². The summed E-state index contributed by atoms with van der Waals surface area (Å²) < 4.78 is 0. The van der Waals surface area contributed by atoms with E-state index < -0.39 is 0 Å². The van der Waals surface area contributed by atoms with Crippen LogP contribution in [-0.2, 0) is 6.54 Å². The molecule has 0 atom stereocenters. The van der Waals surface area contributed by atoms with Gasteiger partial charge in [-0.25, -0.2) is 0 Å². The minimum atomic E-state index is 0.754. The minimum Gasteiger partial charge on any atom is -0.330 e. The van der Waals surface area contributed by atoms with E-state index in [1.165, 1.54) is 42.6 Å². The summed E-state index contributed by atoms with van der Waals surface area (Å²) in [6, 6.07) is 6.58. The van der Waals surface area contributed by atoms with Gasteiger partial charge in [0.1, 0.15) is 0 Å². The summed E-state index contributed by atoms with van der Waals surface area (Å²) in [6.45, 7) is 8.81. The average molecular weight is 232 g/mol. The molecular formula is C15H24N2. The Labute approximate surface area is 105 Å². The third-order valence-electron chi connectivity index (χ3n) is 4.07. The second-order valence-electron chi connectivity index (χ2n) is 5.33. The molecule has 0 radical (unpaired) electrons. The molecule has 0 spiro atoms. The van der Waals surface area contributed by atoms with Gasteiger partial charge in [0, 0.05) is 6.54 Å². The molecule has 2 heteroatoms. The predicted octanol–water partition coefficient (Wildman–Crippen LogP) is 2.47. The van der Waals surface area contributed by atoms with Gasteiger partial charge in [-0.05, 0) is 68.9 Å². The Morgan fingerprint density at radius 1 is 1.18 bits per heavy atom. The zero-order chi connectivity index (χ0) is 12.3. The van der Waals surface area contributed by atoms with E-state index in [0.29, 0.717) is 0 Å². The number of nitrogens with zero attached hydrogens (tertiary/aromatic N) is 1. The Kier molecular flexibility index (Phi) is 4.19. The van der Waals surface area contributed by atoms with Crippen LogP contribution in [0.15, 0.2) is 18.2 Å². The molecular weight excluding hydrogens is 208 g/mol. The summed E-state index contributed by atoms with van der Waals surface area (Å²) in [5, 5.41) is 0. The number of nitrogens with two attached hydrogens (primary N) is 1. The molecule has 1 aliphatic rings. The van der Waals surface area contributed by atoms with Crippen molar-refractivity contribution < 1.29 is 0 Å². The molecule has 1 fully saturated rings. The molecule has 0 bridgehead atoms. The summed E-state index contributed by atoms with van der Waals surface area (Å²) >= 11 is 0. The van der Waals surface area contributed by atoms with Gasteiger partial charge < -0.3 is 5.73 Å². The molecule has 94 valence electrons. The Morgan fingerprint density at radius 3 is 2.29 bits per heavy atom. The number of hydrogen-bond donors (Lipinski definition) is 1. The van der Waals surface area contributed by atoms with Crippen molar-refractivity contribution in [2.24, 2.45) is 11.7 Å². The largest absolute Gasteiger partial charge is 0.330 e. The van der Waals surface area contributed by atoms with Gasteiger partial charge in [0.25, 0.3) is 0 Å². The number of hydrogen-bond acceptors (Lipinski definition) is 2. The van der Waals surface area contributed by atoms with Crippen LogP contribution in [0.5, 0.6) is 0 Å². The van der Waals surface area contributed by atoms with E-state index in [9.17, 15) is 0 Å². The van der Waals surface area contributed by atoms with Crippen molar-refractivity contribution in [1.29, 1.82) is 0 Å². The third-order valence-corrected chi connectivity index (χ3v) is 4.07. The van der Waals surface area contributed by atoms with Crippen molar-refractivity contribution in [1.82, 2.24) is 4.90 Å². The molecule has 1 aliphatic heterocycles. The van der Waals surface area contributed by atoms with Gasteiger partial charge >= 0.3 is 0 Å². The summed E-state index contributed by atoms with van der Waals surface area (Å²) in [6.07, 6.45) is 2.53. The summed E-state index contributed by atoms with van der Waals surface area (Å²) in [7, 11) is 0. The smallest absolute Gasteiger partial charge is 0.0238 e. The van der Waals surface area contributed by atoms with Gasteiger partial charge in [-0.15, -0.1) is 0 Å². The number of aryl methyl sites for hydroxylation is 2. The number of benzene rings is 1. The van der Waals surface area contributed by atoms with Gasteiger partial charge in [0.15, 0.2) is 0 Å². The SMILES string of the molecule is Cc1cccc(C)c1CN1CCC(CN)CC1. The third kappa shape index (κ3) is 3.08. The first kappa shape index (κ1) is 12.6. The molecule has 2 rings (SSSR count). The second-order valence-corrected chi connectivity index (χ2v) is 5.33. The predicted molar refractivity (Wildman–Crippen MR) is 73.0 cm³/mol. The highest BCUT2D eigenvalue weighted by Crippen LogP contribution is 2.21. The molecule has 0 aromatic heterocycles. The zero-order valence-corrected chi connectivity index (χ0v) is 11.1. The minimum absolute atomic E-state index is 0.754. The van der Waals surface area contributed by atoms with Crippen LogP contribution in [0.1, 0.15) is 29.5 Å². The number of piperidine rings is 1. The Morgan fingerprint density at radius 2 is 1.76 bits per heavy atom. The van der Waals surface area contributed by atoms with Crippen LogP contribution in [0.3, 0.4) is 0 Å². The summed E-state index contributed by atoms with van der Waals surface area (Å²) in [5.41, 5.74) is 10.1. The molecule has 0 unspecified atom stereocenters. The topological polar surface area (TPSA) is 29.3 Å². The molecule has 2 N–H and O–H groups in total. The van der Waals surface area contributed by atoms with Gasteiger partial charge in [-0.3, -0.25) is 4.90 Å². The van der Waals surface area contributed by atoms with Gasteiger partial charge in [-0.1, -0.05) is 18.2 Å². The van der Waals surface area contributed by atoms with Gasteiger partial charge in [0.05, 0.1) is 0 Å². The van der Waals surface area contributed by atoms with E-state index in [2.05, 4.69) is 36.9 Å². The monoisotopic (exact) mass is 232 g/mol. The molecule has 1 aromatic rings. The van der Waals surface area contributed by atoms with Crippen molar-refractivity contribution in [2.45, 2.75) is 33.2 Å². The average Bonchev–Trinajstić information content (AvgIpc) is 2.35. The van der Waals surface area contributed by atoms with Crippen LogP contribution in [0.4, 0.5) is 0 Å². The fourth-order valence-electron chi connectivity index (χ4n) is 2.70. The van der Waals surface area contributed by atoms with E-state index in [1.54, 1.807) is 0 Å². The zero-order valence-electron chi connectivity index (χ0n) is 11.1. The lowest BCUT2D eigenvalue weighted by Gasteiger charge is -2.32. The normalized spacial score (nSPS) is 18.5. The highest BCUT2D eigenvalue weighted by Gasteiger charge is 2.18. The first-order valence-electron chi connectivity index (χ1n) is 6.68. The molecule has 17 heavy (non-hydrogen) atoms. The lowest BCUT2D eigenvalue weighted by atomic mass is 9.95. The maximum Gasteiger partial charge on any atom is 0.0238 e. The van der Waals surface area contributed by atoms with Gasteiger partial charge in [-0.2, -0.15) is 0 Å². The lowest BCUT2D eigenvalue weighted by Crippen LogP contribution is -2.35. The molecule has 1 saturated heterocycles. The summed E-state index contributed by atoms with van der Waals surface area (Å²) in [5.74, 6) is 0.754. The van der Waals surface area contributed by atoms with E-state index in [-0.39, 0.29) is 0 Å². The standard InChI is InChI=1S/C15H24N2/c1-12-4-3-5-13(2)15(12)11-17-8-6-14(10-16)7-9-17/h3-5,14H,6-11,16H2,1-2H3. The van der Waals surface area contributed by atoms with Crippen LogP contribution in [0, 0.1) is 19.8 Å². The number of rotatable bonds is 3. The van der Waals surface area contributed by atoms with Crippen LogP contribution in [0.25, 0.3) is 0 Å². The molecule has 0 saturated carbocycles. The summed E-state index contributed by atoms with van der Waals surface area (Å²) in [4.78, 5) is 2.57. The van der Waals surface area contributed by atoms with E-state index in [1.807, 2.05) is 0 Å². The Hall–Kier alpha value is -0.860. The van der Waals surface area contributed by atoms with E-state index in [4.69, 9.17) is 5.73 Å². The molecule has 2 nitrogen and oxygen atoms in total. The number of likely N-dealkylation sites (tertiary alicyclic amines) is 1. The van der Waals surface area contributed by atoms with E-state index in [0.717, 1.165) is 19.0 Å². The first-order valence-corrected chi connectivity index (χ1v) is 6.68. The van der Waals surface area contributed by atoms with Crippen LogP contribution < -0.4 is 5.73 Å². The van der Waals surface area contributed by atoms with Crippen molar-refractivity contribution in [3.63, 3.8) is 0 Å². The van der Waals surface area contributed by atoms with Crippen molar-refractivity contribution >= 4 is 0 Å². The quantitative estimate of drug-likeness (QED) is 0.867. The Bertz CT molecular complexity index is 345. The van der Waals surface area contributed by atoms with Crippen molar-refractivity contribution in [3.05, 3.63) is 34.9 Å². The molecule has 1 aromatic carbocycles. The van der Waals surface area contributed by atoms with Crippen molar-refractivity contribution in [3.8, 4) is 0 Å². The highest BCUT2D eigenvalue weighted by atomic mass is 15.1. The first-order chi connectivity index (χ1) is 8.20. The van der Waals surface area contributed by atoms with Crippen molar-refractivity contribution in [2.75, 3.05) is 19.6 Å². The Balaban J connectivity index is 1.98. The maximum atomic E-state index is 5.73. The fourth-order valence-corrected chi connectivity index (χ4v) is 2.70. The lowest BCUT2D eigenvalue weighted by molar-refractivity contribution is 0.180. The molecule has 1 heterocycles. The second kappa shape index (κ2) is 5.65. The fraction of sp³-hybridized carbons (Fsp3) is 0.600. The maximum absolute atomic E-state index is 5.73. The van der Waals surface area contributed by atoms with Crippen LogP contribution >= 0.6 is 0 Å². The highest BCUT2D eigenvalue weighted by molar-refractivity contribution is 5.33. The molecule has 0 aliphatic carbocycles.